The summed E-state index contributed by atoms with van der Waals surface area (Å²) in [4.78, 5) is 35.5. The molecule has 1 saturated heterocycles. The first-order valence-electron chi connectivity index (χ1n) is 11.3. The molecule has 2 aliphatic rings. The third-order valence-corrected chi connectivity index (χ3v) is 7.12. The quantitative estimate of drug-likeness (QED) is 0.295. The standard InChI is InChI=1S/C21H33ClFN7O3/c1-4-21(29(2)3)11-30(12-21)17-15(23)16(25-19(22)26-17)27-28-18(31)14(10-24-20(32)33)9-13-7-5-6-8-13/h13-14,24H,4-12H2,1-3H3,(H,28,31)(H,32,33)(H,25,26,27)/t14-/m1/s1. The number of hydrogen-bond donors (Lipinski definition) is 4. The average molecular weight is 486 g/mol. The molecular weight excluding hydrogens is 453 g/mol. The zero-order chi connectivity index (χ0) is 24.2. The topological polar surface area (TPSA) is 123 Å². The minimum Gasteiger partial charge on any atom is -0.465 e. The number of hydrazine groups is 1. The van der Waals surface area contributed by atoms with Crippen molar-refractivity contribution in [3.63, 3.8) is 0 Å². The summed E-state index contributed by atoms with van der Waals surface area (Å²) in [5.74, 6) is -1.52. The van der Waals surface area contributed by atoms with Gasteiger partial charge in [0.15, 0.2) is 11.6 Å². The number of amides is 2. The number of carbonyl (C=O) groups excluding carboxylic acids is 1. The largest absolute Gasteiger partial charge is 0.465 e. The van der Waals surface area contributed by atoms with Crippen molar-refractivity contribution in [3.05, 3.63) is 11.1 Å². The van der Waals surface area contributed by atoms with Crippen LogP contribution in [0, 0.1) is 17.7 Å². The average Bonchev–Trinajstić information content (AvgIpc) is 3.24. The van der Waals surface area contributed by atoms with Gasteiger partial charge in [-0.15, -0.1) is 0 Å². The molecule has 0 bridgehead atoms. The van der Waals surface area contributed by atoms with Gasteiger partial charge in [0.25, 0.3) is 0 Å². The van der Waals surface area contributed by atoms with Crippen molar-refractivity contribution < 1.29 is 19.1 Å². The van der Waals surface area contributed by atoms with E-state index < -0.39 is 23.7 Å². The van der Waals surface area contributed by atoms with Crippen molar-refractivity contribution in [1.29, 1.82) is 0 Å². The zero-order valence-corrected chi connectivity index (χ0v) is 20.1. The molecule has 0 radical (unpaired) electrons. The van der Waals surface area contributed by atoms with Gasteiger partial charge in [-0.25, -0.2) is 4.79 Å². The van der Waals surface area contributed by atoms with Gasteiger partial charge in [0, 0.05) is 19.6 Å². The van der Waals surface area contributed by atoms with Gasteiger partial charge in [-0.1, -0.05) is 32.6 Å². The van der Waals surface area contributed by atoms with Crippen LogP contribution in [0.5, 0.6) is 0 Å². The van der Waals surface area contributed by atoms with Crippen molar-refractivity contribution in [2.24, 2.45) is 11.8 Å². The van der Waals surface area contributed by atoms with E-state index in [2.05, 4.69) is 38.0 Å². The number of nitrogens with zero attached hydrogens (tertiary/aromatic N) is 4. The van der Waals surface area contributed by atoms with Crippen LogP contribution in [0.1, 0.15) is 45.4 Å². The summed E-state index contributed by atoms with van der Waals surface area (Å²) in [6.07, 6.45) is 4.54. The Bertz CT molecular complexity index is 861. The molecule has 1 saturated carbocycles. The summed E-state index contributed by atoms with van der Waals surface area (Å²) in [5.41, 5.74) is 4.94. The Morgan fingerprint density at radius 1 is 1.30 bits per heavy atom. The normalized spacial score (nSPS) is 18.7. The van der Waals surface area contributed by atoms with Crippen LogP contribution < -0.4 is 21.1 Å². The van der Waals surface area contributed by atoms with Crippen molar-refractivity contribution in [3.8, 4) is 0 Å². The van der Waals surface area contributed by atoms with E-state index >= 15 is 4.39 Å². The highest BCUT2D eigenvalue weighted by molar-refractivity contribution is 6.28. The molecule has 0 spiro atoms. The molecule has 2 amide bonds. The Labute approximate surface area is 198 Å². The Hall–Kier alpha value is -2.40. The van der Waals surface area contributed by atoms with Crippen LogP contribution in [0.15, 0.2) is 0 Å². The highest BCUT2D eigenvalue weighted by atomic mass is 35.5. The van der Waals surface area contributed by atoms with E-state index in [-0.39, 0.29) is 29.0 Å². The molecule has 1 aliphatic heterocycles. The monoisotopic (exact) mass is 485 g/mol. The number of nitrogens with one attached hydrogen (secondary N) is 3. The van der Waals surface area contributed by atoms with Gasteiger partial charge < -0.3 is 20.2 Å². The first kappa shape index (κ1) is 25.2. The van der Waals surface area contributed by atoms with E-state index in [9.17, 15) is 9.59 Å². The first-order chi connectivity index (χ1) is 15.6. The number of likely N-dealkylation sites (N-methyl/N-ethyl adjacent to an activating group) is 1. The number of carboxylic acid groups (broad SMARTS) is 1. The summed E-state index contributed by atoms with van der Waals surface area (Å²) in [7, 11) is 3.99. The molecule has 1 aromatic rings. The summed E-state index contributed by atoms with van der Waals surface area (Å²) in [6.45, 7) is 3.26. The highest BCUT2D eigenvalue weighted by Gasteiger charge is 2.45. The second-order valence-corrected chi connectivity index (χ2v) is 9.53. The summed E-state index contributed by atoms with van der Waals surface area (Å²) >= 11 is 6.04. The molecular formula is C21H33ClFN7O3. The number of anilines is 2. The number of aromatic nitrogens is 2. The van der Waals surface area contributed by atoms with E-state index in [0.717, 1.165) is 32.1 Å². The number of halogens is 2. The minimum atomic E-state index is -1.19. The lowest BCUT2D eigenvalue weighted by atomic mass is 9.85. The predicted octanol–water partition coefficient (Wildman–Crippen LogP) is 2.71. The minimum absolute atomic E-state index is 0.0188. The Balaban J connectivity index is 1.66. The summed E-state index contributed by atoms with van der Waals surface area (Å²) < 4.78 is 15.2. The van der Waals surface area contributed by atoms with Gasteiger partial charge in [-0.2, -0.15) is 14.4 Å². The molecule has 184 valence electrons. The molecule has 1 aromatic heterocycles. The van der Waals surface area contributed by atoms with E-state index in [4.69, 9.17) is 16.7 Å². The van der Waals surface area contributed by atoms with E-state index in [1.807, 2.05) is 14.1 Å². The lowest BCUT2D eigenvalue weighted by Crippen LogP contribution is -2.68. The Morgan fingerprint density at radius 2 is 1.97 bits per heavy atom. The van der Waals surface area contributed by atoms with Crippen molar-refractivity contribution in [2.75, 3.05) is 44.1 Å². The molecule has 33 heavy (non-hydrogen) atoms. The van der Waals surface area contributed by atoms with Crippen LogP contribution >= 0.6 is 11.6 Å². The fraction of sp³-hybridized carbons (Fsp3) is 0.714. The fourth-order valence-corrected chi connectivity index (χ4v) is 4.87. The molecule has 2 fully saturated rings. The molecule has 3 rings (SSSR count). The molecule has 10 nitrogen and oxygen atoms in total. The van der Waals surface area contributed by atoms with Crippen LogP contribution in [0.4, 0.5) is 20.8 Å². The highest BCUT2D eigenvalue weighted by Crippen LogP contribution is 2.35. The maximum Gasteiger partial charge on any atom is 0.404 e. The molecule has 1 atom stereocenters. The van der Waals surface area contributed by atoms with Crippen LogP contribution in [0.2, 0.25) is 5.28 Å². The number of carbonyl (C=O) groups is 2. The SMILES string of the molecule is CCC1(N(C)C)CN(c2nc(Cl)nc(NNC(=O)[C@@H](CNC(=O)O)CC3CCCC3)c2F)C1. The van der Waals surface area contributed by atoms with Crippen LogP contribution in [-0.2, 0) is 4.79 Å². The molecule has 0 aromatic carbocycles. The summed E-state index contributed by atoms with van der Waals surface area (Å²) in [5, 5.41) is 11.1. The molecule has 2 heterocycles. The van der Waals surface area contributed by atoms with Gasteiger partial charge in [0.05, 0.1) is 11.5 Å². The van der Waals surface area contributed by atoms with Gasteiger partial charge in [-0.05, 0) is 44.5 Å². The third-order valence-electron chi connectivity index (χ3n) is 6.95. The van der Waals surface area contributed by atoms with Crippen LogP contribution in [0.25, 0.3) is 0 Å². The number of rotatable bonds is 10. The summed E-state index contributed by atoms with van der Waals surface area (Å²) in [6, 6.07) is 0. The van der Waals surface area contributed by atoms with Gasteiger partial charge in [0.2, 0.25) is 17.0 Å². The van der Waals surface area contributed by atoms with Gasteiger partial charge >= 0.3 is 6.09 Å². The fourth-order valence-electron chi connectivity index (χ4n) is 4.70. The zero-order valence-electron chi connectivity index (χ0n) is 19.3. The Kier molecular flexibility index (Phi) is 8.17. The predicted molar refractivity (Wildman–Crippen MR) is 124 cm³/mol. The lowest BCUT2D eigenvalue weighted by molar-refractivity contribution is -0.124. The Morgan fingerprint density at radius 3 is 2.55 bits per heavy atom. The number of hydrogen-bond acceptors (Lipinski definition) is 7. The second-order valence-electron chi connectivity index (χ2n) is 9.19. The van der Waals surface area contributed by atoms with Gasteiger partial charge in [0.1, 0.15) is 0 Å². The van der Waals surface area contributed by atoms with Crippen molar-refractivity contribution >= 4 is 35.2 Å². The smallest absolute Gasteiger partial charge is 0.404 e. The van der Waals surface area contributed by atoms with Crippen molar-refractivity contribution in [1.82, 2.24) is 25.6 Å². The van der Waals surface area contributed by atoms with Gasteiger partial charge in [-0.3, -0.25) is 15.6 Å². The molecule has 0 unspecified atom stereocenters. The lowest BCUT2D eigenvalue weighted by Gasteiger charge is -2.54. The second kappa shape index (κ2) is 10.7. The third kappa shape index (κ3) is 5.94. The van der Waals surface area contributed by atoms with E-state index in [1.54, 1.807) is 4.90 Å². The molecule has 1 aliphatic carbocycles. The van der Waals surface area contributed by atoms with E-state index in [0.29, 0.717) is 25.4 Å². The molecule has 12 heteroatoms. The van der Waals surface area contributed by atoms with Crippen LogP contribution in [-0.4, -0.2) is 71.2 Å². The maximum absolute atomic E-state index is 15.2. The maximum atomic E-state index is 15.2. The first-order valence-corrected chi connectivity index (χ1v) is 11.7. The van der Waals surface area contributed by atoms with E-state index in [1.165, 1.54) is 0 Å². The van der Waals surface area contributed by atoms with Crippen molar-refractivity contribution in [2.45, 2.75) is 51.0 Å². The van der Waals surface area contributed by atoms with Crippen LogP contribution in [0.3, 0.4) is 0 Å². The molecule has 4 N–H and O–H groups in total.